The average Bonchev–Trinajstić information content (AvgIpc) is 2.49. The number of hydrogen-bond donors (Lipinski definition) is 3. The number of amides is 1. The van der Waals surface area contributed by atoms with E-state index < -0.39 is 48.7 Å². The third-order valence-electron chi connectivity index (χ3n) is 3.60. The number of rotatable bonds is 3. The zero-order valence-corrected chi connectivity index (χ0v) is 11.8. The molecule has 1 fully saturated rings. The Morgan fingerprint density at radius 2 is 2.00 bits per heavy atom. The summed E-state index contributed by atoms with van der Waals surface area (Å²) in [7, 11) is 1.32. The lowest BCUT2D eigenvalue weighted by molar-refractivity contribution is -0.212. The Balaban J connectivity index is 2.17. The van der Waals surface area contributed by atoms with Crippen molar-refractivity contribution >= 4 is 5.91 Å². The molecule has 0 saturated carbocycles. The van der Waals surface area contributed by atoms with Crippen LogP contribution in [0, 0.1) is 11.6 Å². The van der Waals surface area contributed by atoms with Crippen LogP contribution in [0.15, 0.2) is 18.2 Å². The minimum absolute atomic E-state index is 0.0781. The highest BCUT2D eigenvalue weighted by Crippen LogP contribution is 2.23. The van der Waals surface area contributed by atoms with Gasteiger partial charge in [0.2, 0.25) is 0 Å². The minimum atomic E-state index is -1.17. The van der Waals surface area contributed by atoms with E-state index in [0.29, 0.717) is 0 Å². The van der Waals surface area contributed by atoms with Gasteiger partial charge < -0.3 is 25.0 Å². The maximum Gasteiger partial charge on any atom is 0.255 e. The third kappa shape index (κ3) is 3.25. The van der Waals surface area contributed by atoms with Gasteiger partial charge in [-0.2, -0.15) is 0 Å². The quantitative estimate of drug-likeness (QED) is 0.722. The molecule has 4 atom stereocenters. The molecule has 1 aliphatic rings. The number of ether oxygens (including phenoxy) is 1. The third-order valence-corrected chi connectivity index (χ3v) is 3.60. The first-order valence-corrected chi connectivity index (χ1v) is 6.69. The van der Waals surface area contributed by atoms with Crippen molar-refractivity contribution in [1.82, 2.24) is 4.90 Å². The number of carbonyl (C=O) groups is 1. The number of aliphatic hydroxyl groups excluding tert-OH is 3. The van der Waals surface area contributed by atoms with Crippen LogP contribution in [0.4, 0.5) is 8.78 Å². The second-order valence-electron chi connectivity index (χ2n) is 5.16. The Bertz CT molecular complexity index is 556. The van der Waals surface area contributed by atoms with Gasteiger partial charge in [-0.25, -0.2) is 8.78 Å². The van der Waals surface area contributed by atoms with Gasteiger partial charge in [0.15, 0.2) is 17.9 Å². The van der Waals surface area contributed by atoms with Crippen molar-refractivity contribution in [1.29, 1.82) is 0 Å². The van der Waals surface area contributed by atoms with Crippen LogP contribution in [-0.2, 0) is 4.74 Å². The monoisotopic (exact) mass is 317 g/mol. The largest absolute Gasteiger partial charge is 0.394 e. The van der Waals surface area contributed by atoms with E-state index in [9.17, 15) is 23.8 Å². The predicted molar refractivity (Wildman–Crippen MR) is 70.8 cm³/mol. The molecule has 0 radical (unpaired) electrons. The summed E-state index contributed by atoms with van der Waals surface area (Å²) in [5.41, 5.74) is -0.108. The molecule has 2 rings (SSSR count). The normalized spacial score (nSPS) is 28.5. The molecular formula is C14H17F2NO5. The maximum absolute atomic E-state index is 13.2. The van der Waals surface area contributed by atoms with Crippen LogP contribution in [-0.4, -0.2) is 64.3 Å². The fraction of sp³-hybridized carbons (Fsp3) is 0.500. The number of likely N-dealkylation sites (N-methyl/N-ethyl adjacent to an activating group) is 1. The molecule has 6 nitrogen and oxygen atoms in total. The smallest absolute Gasteiger partial charge is 0.255 e. The Morgan fingerprint density at radius 1 is 1.32 bits per heavy atom. The molecule has 3 N–H and O–H groups in total. The molecule has 1 aromatic carbocycles. The predicted octanol–water partition coefficient (Wildman–Crippen LogP) is -0.134. The van der Waals surface area contributed by atoms with Crippen LogP contribution in [0.25, 0.3) is 0 Å². The van der Waals surface area contributed by atoms with E-state index >= 15 is 0 Å². The first-order chi connectivity index (χ1) is 10.3. The molecule has 1 heterocycles. The highest BCUT2D eigenvalue weighted by Gasteiger charge is 2.39. The van der Waals surface area contributed by atoms with Gasteiger partial charge in [-0.05, 0) is 18.2 Å². The van der Waals surface area contributed by atoms with Crippen LogP contribution in [0.5, 0.6) is 0 Å². The highest BCUT2D eigenvalue weighted by atomic mass is 19.2. The van der Waals surface area contributed by atoms with E-state index in [2.05, 4.69) is 0 Å². The van der Waals surface area contributed by atoms with Crippen molar-refractivity contribution in [3.8, 4) is 0 Å². The Labute approximate surface area is 125 Å². The topological polar surface area (TPSA) is 90.2 Å². The fourth-order valence-electron chi connectivity index (χ4n) is 2.34. The van der Waals surface area contributed by atoms with Gasteiger partial charge in [0.05, 0.1) is 12.7 Å². The Kier molecular flexibility index (Phi) is 5.07. The molecule has 0 spiro atoms. The highest BCUT2D eigenvalue weighted by molar-refractivity contribution is 5.94. The van der Waals surface area contributed by atoms with E-state index in [0.717, 1.165) is 23.1 Å². The van der Waals surface area contributed by atoms with Gasteiger partial charge >= 0.3 is 0 Å². The van der Waals surface area contributed by atoms with Crippen molar-refractivity contribution in [2.75, 3.05) is 13.7 Å². The molecular weight excluding hydrogens is 300 g/mol. The first kappa shape index (κ1) is 16.8. The maximum atomic E-state index is 13.2. The number of halogens is 2. The summed E-state index contributed by atoms with van der Waals surface area (Å²) in [5.74, 6) is -2.92. The second-order valence-corrected chi connectivity index (χ2v) is 5.16. The number of carbonyl (C=O) groups excluding carboxylic acids is 1. The van der Waals surface area contributed by atoms with E-state index in [1.807, 2.05) is 0 Å². The summed E-state index contributed by atoms with van der Waals surface area (Å²) in [6.07, 6.45) is -4.35. The summed E-state index contributed by atoms with van der Waals surface area (Å²) in [4.78, 5) is 13.3. The van der Waals surface area contributed by atoms with Gasteiger partial charge in [0.1, 0.15) is 12.2 Å². The summed E-state index contributed by atoms with van der Waals surface area (Å²) < 4.78 is 31.4. The summed E-state index contributed by atoms with van der Waals surface area (Å²) in [5, 5.41) is 28.7. The molecule has 0 aliphatic carbocycles. The van der Waals surface area contributed by atoms with Gasteiger partial charge in [0.25, 0.3) is 5.91 Å². The number of benzene rings is 1. The molecule has 1 aromatic rings. The molecule has 0 unspecified atom stereocenters. The van der Waals surface area contributed by atoms with Crippen molar-refractivity contribution in [2.45, 2.75) is 31.0 Å². The summed E-state index contributed by atoms with van der Waals surface area (Å²) in [6.45, 7) is -0.475. The Morgan fingerprint density at radius 3 is 2.59 bits per heavy atom. The fourth-order valence-corrected chi connectivity index (χ4v) is 2.34. The van der Waals surface area contributed by atoms with Crippen molar-refractivity contribution < 1.29 is 33.6 Å². The van der Waals surface area contributed by atoms with Crippen LogP contribution < -0.4 is 0 Å². The van der Waals surface area contributed by atoms with Crippen LogP contribution in [0.3, 0.4) is 0 Å². The molecule has 122 valence electrons. The summed E-state index contributed by atoms with van der Waals surface area (Å²) in [6, 6.07) is 2.70. The van der Waals surface area contributed by atoms with E-state index in [4.69, 9.17) is 9.84 Å². The lowest BCUT2D eigenvalue weighted by Gasteiger charge is -2.40. The lowest BCUT2D eigenvalue weighted by atomic mass is 10.0. The number of nitrogens with zero attached hydrogens (tertiary/aromatic N) is 1. The minimum Gasteiger partial charge on any atom is -0.394 e. The SMILES string of the molecule is CN(C(=O)c1ccc(F)c(F)c1)[C@H]1O[C@H](CO)[C@H](O)C[C@H]1O. The van der Waals surface area contributed by atoms with Crippen LogP contribution in [0.1, 0.15) is 16.8 Å². The van der Waals surface area contributed by atoms with E-state index in [-0.39, 0.29) is 12.0 Å². The second kappa shape index (κ2) is 6.66. The van der Waals surface area contributed by atoms with Gasteiger partial charge in [-0.15, -0.1) is 0 Å². The molecule has 1 amide bonds. The van der Waals surface area contributed by atoms with Crippen molar-refractivity contribution in [2.24, 2.45) is 0 Å². The Hall–Kier alpha value is -1.61. The van der Waals surface area contributed by atoms with Crippen LogP contribution in [0.2, 0.25) is 0 Å². The number of aliphatic hydroxyl groups is 3. The summed E-state index contributed by atoms with van der Waals surface area (Å²) >= 11 is 0. The van der Waals surface area contributed by atoms with Gasteiger partial charge in [0, 0.05) is 19.0 Å². The zero-order valence-electron chi connectivity index (χ0n) is 11.8. The van der Waals surface area contributed by atoms with E-state index in [1.165, 1.54) is 7.05 Å². The van der Waals surface area contributed by atoms with Gasteiger partial charge in [-0.3, -0.25) is 4.79 Å². The molecule has 1 saturated heterocycles. The molecule has 1 aliphatic heterocycles. The lowest BCUT2D eigenvalue weighted by Crippen LogP contribution is -2.56. The molecule has 0 aromatic heterocycles. The van der Waals surface area contributed by atoms with Crippen molar-refractivity contribution in [3.05, 3.63) is 35.4 Å². The average molecular weight is 317 g/mol. The zero-order chi connectivity index (χ0) is 16.4. The molecule has 8 heteroatoms. The molecule has 0 bridgehead atoms. The molecule has 22 heavy (non-hydrogen) atoms. The van der Waals surface area contributed by atoms with Crippen LogP contribution >= 0.6 is 0 Å². The van der Waals surface area contributed by atoms with Gasteiger partial charge in [-0.1, -0.05) is 0 Å². The standard InChI is InChI=1S/C14H17F2NO5/c1-17(13(21)7-2-3-8(15)9(16)4-7)14-11(20)5-10(19)12(6-18)22-14/h2-4,10-12,14,18-20H,5-6H2,1H3/t10-,11-,12-,14+/m1/s1. The van der Waals surface area contributed by atoms with Crippen molar-refractivity contribution in [3.63, 3.8) is 0 Å². The first-order valence-electron chi connectivity index (χ1n) is 6.69. The number of hydrogen-bond acceptors (Lipinski definition) is 5. The van der Waals surface area contributed by atoms with E-state index in [1.54, 1.807) is 0 Å².